The topological polar surface area (TPSA) is 142 Å². The van der Waals surface area contributed by atoms with E-state index in [1.54, 1.807) is 0 Å². The maximum Gasteiger partial charge on any atom is 0.339 e. The molecule has 4 aromatic rings. The van der Waals surface area contributed by atoms with Crippen molar-refractivity contribution in [2.45, 2.75) is 397 Å². The molecule has 0 N–H and O–H groups in total. The summed E-state index contributed by atoms with van der Waals surface area (Å²) in [5.41, 5.74) is 3.34. The van der Waals surface area contributed by atoms with Gasteiger partial charge in [0.25, 0.3) is 0 Å². The van der Waals surface area contributed by atoms with Gasteiger partial charge in [-0.25, -0.2) is 19.2 Å². The van der Waals surface area contributed by atoms with Gasteiger partial charge in [-0.1, -0.05) is 218 Å². The van der Waals surface area contributed by atoms with E-state index in [9.17, 15) is 19.2 Å². The van der Waals surface area contributed by atoms with Crippen LogP contribution in [0.4, 0.5) is 0 Å². The van der Waals surface area contributed by atoms with Crippen molar-refractivity contribution in [1.29, 1.82) is 0 Å². The van der Waals surface area contributed by atoms with Crippen molar-refractivity contribution in [2.75, 3.05) is 39.6 Å². The van der Waals surface area contributed by atoms with Crippen molar-refractivity contribution in [3.63, 3.8) is 0 Å². The summed E-state index contributed by atoms with van der Waals surface area (Å²) in [5, 5.41) is 0. The molecule has 0 spiro atoms. The number of carbonyl (C=O) groups is 4. The summed E-state index contributed by atoms with van der Waals surface area (Å²) in [4.78, 5) is 51.9. The Labute approximate surface area is 763 Å². The molecule has 126 heavy (non-hydrogen) atoms. The number of ether oxygens (including phenoxy) is 8. The van der Waals surface area contributed by atoms with Crippen LogP contribution in [0.5, 0.6) is 11.5 Å². The second-order valence-electron chi connectivity index (χ2n) is 40.9. The molecule has 12 rings (SSSR count). The van der Waals surface area contributed by atoms with Crippen LogP contribution in [0.25, 0.3) is 0 Å². The molecule has 12 heteroatoms. The molecule has 0 unspecified atom stereocenters. The summed E-state index contributed by atoms with van der Waals surface area (Å²) in [6.45, 7) is 19.8. The Morgan fingerprint density at radius 2 is 0.595 bits per heavy atom. The van der Waals surface area contributed by atoms with E-state index in [2.05, 4.69) is 101 Å². The van der Waals surface area contributed by atoms with Crippen LogP contribution in [0.15, 0.2) is 122 Å². The molecule has 0 bridgehead atoms. The quantitative estimate of drug-likeness (QED) is 0.0137. The number of hydrogen-bond acceptors (Lipinski definition) is 12. The Bertz CT molecular complexity index is 3880. The van der Waals surface area contributed by atoms with Gasteiger partial charge in [0.1, 0.15) is 28.3 Å². The number of benzene rings is 4. The lowest BCUT2D eigenvalue weighted by Gasteiger charge is -2.45. The predicted molar refractivity (Wildman–Crippen MR) is 510 cm³/mol. The molecule has 0 aliphatic heterocycles. The third-order valence-electron chi connectivity index (χ3n) is 32.6. The standard InChI is InChI=1S/C114H166O12/c1-7-27-87-31-41-92(42-32-87)96-64-73-111(74-65-96,72-63-91-39-53-103(54-40-91)113(77-68-98(69-78-113)94-45-35-89(29-9-3)36-46-94)125-109(117)100-49-59-105(60-50-100)119-81-21-17-19-23-83-121-107(115)11-5)123-85-25-15-13-14-16-26-86-124-112(75-66-97(67-76-112)93-43-33-88(28-8-2)34-44-93)102-55-57-104(58-56-102)114(79-70-99(71-80-114)95-47-37-90(30-10-4)38-48-95)126-110(118)101-51-61-106(62-52-101)120-82-22-18-20-24-84-122-108(116)12-6/h11-12,39-40,49-62,87-90,92-99H,5-10,13-38,41-48,64-71,73-86H2,1-4H3. The molecule has 694 valence electrons. The van der Waals surface area contributed by atoms with E-state index in [1.165, 1.54) is 210 Å². The fourth-order valence-electron chi connectivity index (χ4n) is 24.8. The van der Waals surface area contributed by atoms with Gasteiger partial charge < -0.3 is 37.9 Å². The maximum absolute atomic E-state index is 14.6. The second-order valence-corrected chi connectivity index (χ2v) is 40.9. The van der Waals surface area contributed by atoms with E-state index < -0.39 is 16.8 Å². The molecule has 8 aliphatic carbocycles. The van der Waals surface area contributed by atoms with E-state index in [0.29, 0.717) is 49.4 Å². The van der Waals surface area contributed by atoms with Crippen LogP contribution < -0.4 is 9.47 Å². The smallest absolute Gasteiger partial charge is 0.339 e. The predicted octanol–water partition coefficient (Wildman–Crippen LogP) is 29.7. The van der Waals surface area contributed by atoms with Gasteiger partial charge in [-0.3, -0.25) is 0 Å². The van der Waals surface area contributed by atoms with E-state index in [0.717, 1.165) is 255 Å². The average Bonchev–Trinajstić information content (AvgIpc) is 0.769. The molecule has 0 heterocycles. The van der Waals surface area contributed by atoms with Crippen LogP contribution in [0.2, 0.25) is 0 Å². The molecule has 0 saturated heterocycles. The minimum Gasteiger partial charge on any atom is -0.494 e. The first-order chi connectivity index (χ1) is 61.7. The summed E-state index contributed by atoms with van der Waals surface area (Å²) < 4.78 is 51.0. The summed E-state index contributed by atoms with van der Waals surface area (Å²) in [5.74, 6) is 17.4. The summed E-state index contributed by atoms with van der Waals surface area (Å²) in [6.07, 6.45) is 65.4. The summed E-state index contributed by atoms with van der Waals surface area (Å²) in [6, 6.07) is 33.3. The summed E-state index contributed by atoms with van der Waals surface area (Å²) >= 11 is 0. The zero-order valence-electron chi connectivity index (χ0n) is 79.1. The van der Waals surface area contributed by atoms with Gasteiger partial charge >= 0.3 is 23.9 Å². The first-order valence-electron chi connectivity index (χ1n) is 52.2. The minimum atomic E-state index is -0.724. The molecule has 4 aromatic carbocycles. The third-order valence-corrected chi connectivity index (χ3v) is 32.6. The number of hydrogen-bond donors (Lipinski definition) is 0. The van der Waals surface area contributed by atoms with Crippen molar-refractivity contribution in [3.05, 3.63) is 156 Å². The third kappa shape index (κ3) is 29.4. The van der Waals surface area contributed by atoms with Crippen LogP contribution in [0.1, 0.15) is 417 Å². The van der Waals surface area contributed by atoms with Crippen LogP contribution in [-0.4, -0.2) is 69.1 Å². The highest BCUT2D eigenvalue weighted by Gasteiger charge is 2.47. The zero-order chi connectivity index (χ0) is 88.1. The average molecular weight is 1730 g/mol. The molecule has 0 amide bonds. The normalized spacial score (nSPS) is 28.8. The Hall–Kier alpha value is -6.68. The van der Waals surface area contributed by atoms with Crippen molar-refractivity contribution < 1.29 is 57.1 Å². The molecule has 8 fully saturated rings. The molecular formula is C114H166O12. The molecule has 0 radical (unpaired) electrons. The fraction of sp³-hybridized carbons (Fsp3) is 0.702. The Balaban J connectivity index is 0.668. The Morgan fingerprint density at radius 1 is 0.317 bits per heavy atom. The Kier molecular flexibility index (Phi) is 40.4. The van der Waals surface area contributed by atoms with E-state index in [1.807, 2.05) is 48.5 Å². The van der Waals surface area contributed by atoms with Crippen LogP contribution in [-0.2, 0) is 54.8 Å². The number of rotatable bonds is 48. The first-order valence-corrected chi connectivity index (χ1v) is 52.2. The maximum atomic E-state index is 14.6. The zero-order valence-corrected chi connectivity index (χ0v) is 79.1. The van der Waals surface area contributed by atoms with Gasteiger partial charge in [-0.15, -0.1) is 0 Å². The second kappa shape index (κ2) is 51.8. The highest BCUT2D eigenvalue weighted by molar-refractivity contribution is 5.90. The largest absolute Gasteiger partial charge is 0.494 e. The molecule has 0 aromatic heterocycles. The van der Waals surface area contributed by atoms with E-state index in [-0.39, 0.29) is 29.5 Å². The van der Waals surface area contributed by atoms with Gasteiger partial charge in [0.2, 0.25) is 0 Å². The molecular weight excluding hydrogens is 1560 g/mol. The summed E-state index contributed by atoms with van der Waals surface area (Å²) in [7, 11) is 0. The molecule has 8 aliphatic rings. The van der Waals surface area contributed by atoms with Gasteiger partial charge in [-0.2, -0.15) is 0 Å². The molecule has 8 saturated carbocycles. The van der Waals surface area contributed by atoms with Gasteiger partial charge in [-0.05, 0) is 367 Å². The minimum absolute atomic E-state index is 0.266. The Morgan fingerprint density at radius 3 is 0.929 bits per heavy atom. The monoisotopic (exact) mass is 1730 g/mol. The molecule has 0 atom stereocenters. The van der Waals surface area contributed by atoms with Gasteiger partial charge in [0.15, 0.2) is 0 Å². The van der Waals surface area contributed by atoms with E-state index in [4.69, 9.17) is 37.9 Å². The highest BCUT2D eigenvalue weighted by Crippen LogP contribution is 2.54. The SMILES string of the molecule is C=CC(=O)OCCCCCCOc1ccc(C(=O)OC2(c3ccc(C#CC4(OCCCCCCCCOC5(c6ccc(C7(OC(=O)c8ccc(OCCCCCCOC(=O)C=C)cc8)CCC(C8CCC(CCC)CC8)CC7)cc6)CCC(C6CCC(CCC)CC6)CC5)CCC(C5CCC(CCC)CC5)CC4)cc3)CCC(C3CCC(CCC)CC3)CC2)cc1. The van der Waals surface area contributed by atoms with Crippen molar-refractivity contribution in [1.82, 2.24) is 0 Å². The lowest BCUT2D eigenvalue weighted by Crippen LogP contribution is -2.39. The fourth-order valence-corrected chi connectivity index (χ4v) is 24.8. The van der Waals surface area contributed by atoms with Gasteiger partial charge in [0, 0.05) is 30.9 Å². The van der Waals surface area contributed by atoms with E-state index >= 15 is 0 Å². The first kappa shape index (κ1) is 98.4. The van der Waals surface area contributed by atoms with Crippen LogP contribution in [0.3, 0.4) is 0 Å². The number of esters is 4. The lowest BCUT2D eigenvalue weighted by molar-refractivity contribution is -0.138. The van der Waals surface area contributed by atoms with Crippen molar-refractivity contribution in [3.8, 4) is 23.3 Å². The highest BCUT2D eigenvalue weighted by atomic mass is 16.6. The van der Waals surface area contributed by atoms with Crippen molar-refractivity contribution in [2.24, 2.45) is 71.0 Å². The number of carbonyl (C=O) groups excluding carboxylic acids is 4. The number of unbranched alkanes of at least 4 members (excludes halogenated alkanes) is 11. The molecule has 12 nitrogen and oxygen atoms in total. The van der Waals surface area contributed by atoms with Crippen molar-refractivity contribution >= 4 is 23.9 Å². The van der Waals surface area contributed by atoms with Crippen LogP contribution in [0, 0.1) is 82.9 Å². The van der Waals surface area contributed by atoms with Gasteiger partial charge in [0.05, 0.1) is 43.2 Å². The lowest BCUT2D eigenvalue weighted by atomic mass is 9.65. The van der Waals surface area contributed by atoms with Crippen LogP contribution >= 0.6 is 0 Å².